The fourth-order valence-electron chi connectivity index (χ4n) is 3.56. The molecule has 2 aromatic heterocycles. The van der Waals surface area contributed by atoms with Gasteiger partial charge in [-0.15, -0.1) is 11.3 Å². The number of rotatable bonds is 4. The summed E-state index contributed by atoms with van der Waals surface area (Å²) in [5.74, 6) is 0.485. The summed E-state index contributed by atoms with van der Waals surface area (Å²) >= 11 is 1.51. The molecule has 4 aromatic rings. The molecule has 0 aliphatic heterocycles. The standard InChI is InChI=1S/C22H18F3N3O3S/c1-12-10-14(31-11-18-26-15-6-4-5-7-17(15)32-18)8-9-16(12)28-20(29)13(2)19(22(23,24)25)27(3)21(28)30/h4-10H,11H2,1-3H3. The molecule has 6 nitrogen and oxygen atoms in total. The number of aryl methyl sites for hydroxylation is 1. The Hall–Kier alpha value is -3.40. The van der Waals surface area contributed by atoms with Gasteiger partial charge < -0.3 is 4.74 Å². The van der Waals surface area contributed by atoms with Gasteiger partial charge in [-0.25, -0.2) is 14.3 Å². The van der Waals surface area contributed by atoms with Crippen LogP contribution in [0.25, 0.3) is 15.9 Å². The third-order valence-electron chi connectivity index (χ3n) is 5.07. The Kier molecular flexibility index (Phi) is 5.41. The van der Waals surface area contributed by atoms with Crippen molar-refractivity contribution in [2.45, 2.75) is 26.6 Å². The lowest BCUT2D eigenvalue weighted by molar-refractivity contribution is -0.144. The van der Waals surface area contributed by atoms with Crippen LogP contribution in [0.4, 0.5) is 13.2 Å². The Labute approximate surface area is 184 Å². The van der Waals surface area contributed by atoms with Crippen molar-refractivity contribution >= 4 is 21.6 Å². The quantitative estimate of drug-likeness (QED) is 0.453. The normalized spacial score (nSPS) is 11.8. The van der Waals surface area contributed by atoms with E-state index in [1.165, 1.54) is 17.4 Å². The van der Waals surface area contributed by atoms with Crippen LogP contribution in [-0.2, 0) is 19.8 Å². The SMILES string of the molecule is Cc1cc(OCc2nc3ccccc3s2)ccc1-n1c(=O)c(C)c(C(F)(F)F)n(C)c1=O. The minimum Gasteiger partial charge on any atom is -0.486 e. The van der Waals surface area contributed by atoms with Crippen LogP contribution in [0.1, 0.15) is 21.8 Å². The van der Waals surface area contributed by atoms with Gasteiger partial charge in [0.15, 0.2) is 0 Å². The first kappa shape index (κ1) is 21.8. The van der Waals surface area contributed by atoms with Gasteiger partial charge in [0.1, 0.15) is 23.1 Å². The lowest BCUT2D eigenvalue weighted by Crippen LogP contribution is -2.43. The first-order valence-electron chi connectivity index (χ1n) is 9.56. The second-order valence-electron chi connectivity index (χ2n) is 7.27. The molecule has 2 aromatic carbocycles. The van der Waals surface area contributed by atoms with Gasteiger partial charge in [-0.3, -0.25) is 9.36 Å². The zero-order valence-electron chi connectivity index (χ0n) is 17.4. The molecule has 0 unspecified atom stereocenters. The Morgan fingerprint density at radius 2 is 1.81 bits per heavy atom. The number of halogens is 3. The molecule has 2 heterocycles. The number of hydrogen-bond donors (Lipinski definition) is 0. The molecule has 0 bridgehead atoms. The van der Waals surface area contributed by atoms with Crippen LogP contribution in [0, 0.1) is 13.8 Å². The molecule has 4 rings (SSSR count). The highest BCUT2D eigenvalue weighted by Gasteiger charge is 2.37. The second-order valence-corrected chi connectivity index (χ2v) is 8.38. The molecule has 0 fully saturated rings. The average Bonchev–Trinajstić information content (AvgIpc) is 3.14. The van der Waals surface area contributed by atoms with Crippen LogP contribution >= 0.6 is 11.3 Å². The van der Waals surface area contributed by atoms with Crippen molar-refractivity contribution in [3.63, 3.8) is 0 Å². The molecule has 0 saturated heterocycles. The van der Waals surface area contributed by atoms with E-state index in [0.717, 1.165) is 33.8 Å². The summed E-state index contributed by atoms with van der Waals surface area (Å²) in [6.07, 6.45) is -4.82. The van der Waals surface area contributed by atoms with E-state index in [1.54, 1.807) is 19.1 Å². The van der Waals surface area contributed by atoms with Crippen LogP contribution in [-0.4, -0.2) is 14.1 Å². The van der Waals surface area contributed by atoms with Crippen molar-refractivity contribution in [1.29, 1.82) is 0 Å². The molecule has 0 radical (unpaired) electrons. The van der Waals surface area contributed by atoms with Gasteiger partial charge in [-0.1, -0.05) is 12.1 Å². The lowest BCUT2D eigenvalue weighted by atomic mass is 10.1. The van der Waals surface area contributed by atoms with E-state index in [1.807, 2.05) is 24.3 Å². The number of aromatic nitrogens is 3. The molecule has 166 valence electrons. The Morgan fingerprint density at radius 1 is 1.09 bits per heavy atom. The molecule has 0 saturated carbocycles. The van der Waals surface area contributed by atoms with Gasteiger partial charge in [0, 0.05) is 12.6 Å². The van der Waals surface area contributed by atoms with E-state index < -0.39 is 28.7 Å². The molecule has 0 amide bonds. The number of benzene rings is 2. The van der Waals surface area contributed by atoms with Gasteiger partial charge >= 0.3 is 11.9 Å². The minimum atomic E-state index is -4.82. The summed E-state index contributed by atoms with van der Waals surface area (Å²) in [6, 6.07) is 12.4. The number of para-hydroxylation sites is 1. The maximum absolute atomic E-state index is 13.3. The largest absolute Gasteiger partial charge is 0.486 e. The number of fused-ring (bicyclic) bond motifs is 1. The third-order valence-corrected chi connectivity index (χ3v) is 6.08. The maximum Gasteiger partial charge on any atom is 0.432 e. The Balaban J connectivity index is 1.66. The maximum atomic E-state index is 13.3. The summed E-state index contributed by atoms with van der Waals surface area (Å²) in [7, 11) is 0.999. The Morgan fingerprint density at radius 3 is 2.47 bits per heavy atom. The number of thiazole rings is 1. The van der Waals surface area contributed by atoms with E-state index in [9.17, 15) is 22.8 Å². The average molecular weight is 461 g/mol. The summed E-state index contributed by atoms with van der Waals surface area (Å²) < 4.78 is 47.9. The Bertz CT molecular complexity index is 1380. The number of hydrogen-bond acceptors (Lipinski definition) is 5. The first-order chi connectivity index (χ1) is 15.1. The van der Waals surface area contributed by atoms with Crippen LogP contribution in [0.5, 0.6) is 5.75 Å². The highest BCUT2D eigenvalue weighted by atomic mass is 32.1. The van der Waals surface area contributed by atoms with Crippen molar-refractivity contribution in [3.8, 4) is 11.4 Å². The van der Waals surface area contributed by atoms with Crippen molar-refractivity contribution in [1.82, 2.24) is 14.1 Å². The van der Waals surface area contributed by atoms with Crippen molar-refractivity contribution in [2.75, 3.05) is 0 Å². The van der Waals surface area contributed by atoms with Gasteiger partial charge in [-0.2, -0.15) is 13.2 Å². The first-order valence-corrected chi connectivity index (χ1v) is 10.4. The predicted octanol–water partition coefficient (Wildman–Crippen LogP) is 4.36. The lowest BCUT2D eigenvalue weighted by Gasteiger charge is -2.18. The van der Waals surface area contributed by atoms with Crippen LogP contribution in [0.15, 0.2) is 52.1 Å². The number of alkyl halides is 3. The molecule has 10 heteroatoms. The molecule has 32 heavy (non-hydrogen) atoms. The van der Waals surface area contributed by atoms with Crippen LogP contribution in [0.2, 0.25) is 0 Å². The van der Waals surface area contributed by atoms with Gasteiger partial charge in [0.2, 0.25) is 0 Å². The predicted molar refractivity (Wildman–Crippen MR) is 116 cm³/mol. The van der Waals surface area contributed by atoms with Gasteiger partial charge in [0.25, 0.3) is 5.56 Å². The third kappa shape index (κ3) is 3.81. The number of ether oxygens (including phenoxy) is 1. The van der Waals surface area contributed by atoms with E-state index >= 15 is 0 Å². The smallest absolute Gasteiger partial charge is 0.432 e. The molecule has 0 spiro atoms. The molecular formula is C22H18F3N3O3S. The van der Waals surface area contributed by atoms with E-state index in [4.69, 9.17) is 4.74 Å². The fourth-order valence-corrected chi connectivity index (χ4v) is 4.44. The van der Waals surface area contributed by atoms with Crippen molar-refractivity contribution < 1.29 is 17.9 Å². The molecule has 0 aliphatic rings. The topological polar surface area (TPSA) is 66.1 Å². The second kappa shape index (κ2) is 7.94. The van der Waals surface area contributed by atoms with Crippen LogP contribution < -0.4 is 16.0 Å². The highest BCUT2D eigenvalue weighted by Crippen LogP contribution is 2.30. The van der Waals surface area contributed by atoms with Crippen LogP contribution in [0.3, 0.4) is 0 Å². The zero-order valence-corrected chi connectivity index (χ0v) is 18.2. The van der Waals surface area contributed by atoms with E-state index in [2.05, 4.69) is 4.98 Å². The summed E-state index contributed by atoms with van der Waals surface area (Å²) in [4.78, 5) is 29.8. The zero-order chi connectivity index (χ0) is 23.2. The molecule has 0 N–H and O–H groups in total. The van der Waals surface area contributed by atoms with Crippen molar-refractivity contribution in [3.05, 3.63) is 85.1 Å². The monoisotopic (exact) mass is 461 g/mol. The van der Waals surface area contributed by atoms with E-state index in [0.29, 0.717) is 15.9 Å². The molecule has 0 atom stereocenters. The molecular weight excluding hydrogens is 443 g/mol. The van der Waals surface area contributed by atoms with E-state index in [-0.39, 0.29) is 12.3 Å². The van der Waals surface area contributed by atoms with Crippen molar-refractivity contribution in [2.24, 2.45) is 7.05 Å². The van der Waals surface area contributed by atoms with Gasteiger partial charge in [-0.05, 0) is 49.7 Å². The highest BCUT2D eigenvalue weighted by molar-refractivity contribution is 7.18. The minimum absolute atomic E-state index is 0.194. The molecule has 0 aliphatic carbocycles. The fraction of sp³-hybridized carbons (Fsp3) is 0.227. The van der Waals surface area contributed by atoms with Gasteiger partial charge in [0.05, 0.1) is 15.9 Å². The number of nitrogens with zero attached hydrogens (tertiary/aromatic N) is 3. The summed E-state index contributed by atoms with van der Waals surface area (Å²) in [6.45, 7) is 2.95. The summed E-state index contributed by atoms with van der Waals surface area (Å²) in [5.41, 5.74) is -2.29. The summed E-state index contributed by atoms with van der Waals surface area (Å²) in [5, 5.41) is 0.788.